The van der Waals surface area contributed by atoms with E-state index in [1.54, 1.807) is 11.3 Å². The van der Waals surface area contributed by atoms with E-state index in [-0.39, 0.29) is 5.91 Å². The second kappa shape index (κ2) is 6.75. The van der Waals surface area contributed by atoms with Crippen LogP contribution in [0.2, 0.25) is 0 Å². The third-order valence-corrected chi connectivity index (χ3v) is 5.68. The molecule has 122 valence electrons. The van der Waals surface area contributed by atoms with Crippen LogP contribution < -0.4 is 5.32 Å². The van der Waals surface area contributed by atoms with E-state index in [0.717, 1.165) is 41.7 Å². The van der Waals surface area contributed by atoms with E-state index in [9.17, 15) is 4.79 Å². The fourth-order valence-corrected chi connectivity index (χ4v) is 4.15. The molecule has 0 bridgehead atoms. The van der Waals surface area contributed by atoms with Crippen LogP contribution in [-0.4, -0.2) is 29.9 Å². The first-order valence-corrected chi connectivity index (χ1v) is 9.21. The molecule has 1 aliphatic rings. The first-order chi connectivity index (χ1) is 11.8. The molecular formula is C20H20N2OS. The Morgan fingerprint density at radius 1 is 1.12 bits per heavy atom. The minimum atomic E-state index is 0.0408. The smallest absolute Gasteiger partial charge is 0.252 e. The Morgan fingerprint density at radius 2 is 1.92 bits per heavy atom. The number of thiophene rings is 1. The van der Waals surface area contributed by atoms with E-state index in [4.69, 9.17) is 0 Å². The van der Waals surface area contributed by atoms with Gasteiger partial charge in [0, 0.05) is 41.1 Å². The lowest BCUT2D eigenvalue weighted by atomic mass is 10.0. The third-order valence-electron chi connectivity index (χ3n) is 4.72. The SMILES string of the molecule is O=C(NCC1CCN1Cc1ccccc1)c1csc2ccccc12. The van der Waals surface area contributed by atoms with Crippen LogP contribution >= 0.6 is 11.3 Å². The molecule has 24 heavy (non-hydrogen) atoms. The lowest BCUT2D eigenvalue weighted by Crippen LogP contribution is -2.52. The molecule has 0 aliphatic carbocycles. The molecule has 1 aliphatic heterocycles. The first kappa shape index (κ1) is 15.4. The molecule has 3 nitrogen and oxygen atoms in total. The molecule has 3 aromatic rings. The van der Waals surface area contributed by atoms with Gasteiger partial charge in [-0.15, -0.1) is 11.3 Å². The zero-order valence-electron chi connectivity index (χ0n) is 13.4. The van der Waals surface area contributed by atoms with E-state index < -0.39 is 0 Å². The van der Waals surface area contributed by atoms with Gasteiger partial charge in [0.1, 0.15) is 0 Å². The minimum Gasteiger partial charge on any atom is -0.350 e. The highest BCUT2D eigenvalue weighted by molar-refractivity contribution is 7.17. The molecular weight excluding hydrogens is 316 g/mol. The summed E-state index contributed by atoms with van der Waals surface area (Å²) in [7, 11) is 0. The highest BCUT2D eigenvalue weighted by atomic mass is 32.1. The number of hydrogen-bond acceptors (Lipinski definition) is 3. The predicted molar refractivity (Wildman–Crippen MR) is 99.4 cm³/mol. The molecule has 0 radical (unpaired) electrons. The molecule has 0 spiro atoms. The Labute approximate surface area is 145 Å². The molecule has 1 unspecified atom stereocenters. The molecule has 0 saturated carbocycles. The predicted octanol–water partition coefficient (Wildman–Crippen LogP) is 3.91. The maximum absolute atomic E-state index is 12.5. The van der Waals surface area contributed by atoms with E-state index in [0.29, 0.717) is 6.04 Å². The summed E-state index contributed by atoms with van der Waals surface area (Å²) in [6, 6.07) is 19.0. The fourth-order valence-electron chi connectivity index (χ4n) is 3.21. The van der Waals surface area contributed by atoms with Crippen molar-refractivity contribution in [2.24, 2.45) is 0 Å². The number of likely N-dealkylation sites (tertiary alicyclic amines) is 1. The van der Waals surface area contributed by atoms with Crippen LogP contribution in [0.4, 0.5) is 0 Å². The molecule has 1 saturated heterocycles. The van der Waals surface area contributed by atoms with Gasteiger partial charge < -0.3 is 5.32 Å². The molecule has 4 heteroatoms. The summed E-state index contributed by atoms with van der Waals surface area (Å²) in [6.45, 7) is 2.79. The number of hydrogen-bond donors (Lipinski definition) is 1. The average Bonchev–Trinajstić information content (AvgIpc) is 3.04. The molecule has 2 aromatic carbocycles. The van der Waals surface area contributed by atoms with Crippen LogP contribution in [-0.2, 0) is 6.54 Å². The Balaban J connectivity index is 1.36. The quantitative estimate of drug-likeness (QED) is 0.766. The maximum Gasteiger partial charge on any atom is 0.252 e. The van der Waals surface area contributed by atoms with Gasteiger partial charge in [-0.2, -0.15) is 0 Å². The van der Waals surface area contributed by atoms with Gasteiger partial charge in [-0.3, -0.25) is 9.69 Å². The lowest BCUT2D eigenvalue weighted by Gasteiger charge is -2.41. The van der Waals surface area contributed by atoms with Gasteiger partial charge in [0.2, 0.25) is 0 Å². The van der Waals surface area contributed by atoms with Crippen molar-refractivity contribution in [1.29, 1.82) is 0 Å². The van der Waals surface area contributed by atoms with Crippen molar-refractivity contribution < 1.29 is 4.79 Å². The standard InChI is InChI=1S/C20H20N2OS/c23-20(18-14-24-19-9-5-4-8-17(18)19)21-12-16-10-11-22(16)13-15-6-2-1-3-7-15/h1-9,14,16H,10-13H2,(H,21,23). The van der Waals surface area contributed by atoms with E-state index in [2.05, 4.69) is 40.5 Å². The summed E-state index contributed by atoms with van der Waals surface area (Å²) in [6.07, 6.45) is 1.15. The minimum absolute atomic E-state index is 0.0408. The monoisotopic (exact) mass is 336 g/mol. The molecule has 1 aromatic heterocycles. The Hall–Kier alpha value is -2.17. The molecule has 1 atom stereocenters. The number of fused-ring (bicyclic) bond motifs is 1. The normalized spacial score (nSPS) is 17.6. The summed E-state index contributed by atoms with van der Waals surface area (Å²) in [5.74, 6) is 0.0408. The molecule has 1 N–H and O–H groups in total. The summed E-state index contributed by atoms with van der Waals surface area (Å²) in [5.41, 5.74) is 2.13. The molecule has 2 heterocycles. The van der Waals surface area contributed by atoms with Gasteiger partial charge in [0.05, 0.1) is 5.56 Å². The Morgan fingerprint density at radius 3 is 2.71 bits per heavy atom. The highest BCUT2D eigenvalue weighted by Crippen LogP contribution is 2.26. The molecule has 4 rings (SSSR count). The van der Waals surface area contributed by atoms with Gasteiger partial charge in [-0.05, 0) is 18.1 Å². The summed E-state index contributed by atoms with van der Waals surface area (Å²) >= 11 is 1.63. The van der Waals surface area contributed by atoms with Crippen molar-refractivity contribution in [3.8, 4) is 0 Å². The summed E-state index contributed by atoms with van der Waals surface area (Å²) in [5, 5.41) is 6.13. The van der Waals surface area contributed by atoms with Gasteiger partial charge in [-0.1, -0.05) is 48.5 Å². The molecule has 1 fully saturated rings. The van der Waals surface area contributed by atoms with Gasteiger partial charge in [0.15, 0.2) is 0 Å². The van der Waals surface area contributed by atoms with E-state index in [1.165, 1.54) is 5.56 Å². The highest BCUT2D eigenvalue weighted by Gasteiger charge is 2.28. The average molecular weight is 336 g/mol. The van der Waals surface area contributed by atoms with Crippen molar-refractivity contribution in [3.63, 3.8) is 0 Å². The zero-order chi connectivity index (χ0) is 16.4. The van der Waals surface area contributed by atoms with Gasteiger partial charge in [-0.25, -0.2) is 0 Å². The summed E-state index contributed by atoms with van der Waals surface area (Å²) < 4.78 is 1.16. The number of nitrogens with zero attached hydrogens (tertiary/aromatic N) is 1. The van der Waals surface area contributed by atoms with Gasteiger partial charge in [0.25, 0.3) is 5.91 Å². The molecule has 1 amide bonds. The topological polar surface area (TPSA) is 32.3 Å². The summed E-state index contributed by atoms with van der Waals surface area (Å²) in [4.78, 5) is 14.9. The van der Waals surface area contributed by atoms with Crippen LogP contribution in [0.25, 0.3) is 10.1 Å². The number of nitrogens with one attached hydrogen (secondary N) is 1. The van der Waals surface area contributed by atoms with Crippen molar-refractivity contribution in [1.82, 2.24) is 10.2 Å². The van der Waals surface area contributed by atoms with Crippen LogP contribution in [0, 0.1) is 0 Å². The second-order valence-electron chi connectivity index (χ2n) is 6.25. The van der Waals surface area contributed by atoms with Crippen LogP contribution in [0.3, 0.4) is 0 Å². The van der Waals surface area contributed by atoms with Crippen molar-refractivity contribution in [2.45, 2.75) is 19.0 Å². The lowest BCUT2D eigenvalue weighted by molar-refractivity contribution is 0.0733. The van der Waals surface area contributed by atoms with Gasteiger partial charge >= 0.3 is 0 Å². The number of amides is 1. The number of benzene rings is 2. The van der Waals surface area contributed by atoms with Crippen molar-refractivity contribution in [3.05, 3.63) is 71.1 Å². The van der Waals surface area contributed by atoms with E-state index >= 15 is 0 Å². The van der Waals surface area contributed by atoms with Crippen molar-refractivity contribution in [2.75, 3.05) is 13.1 Å². The Kier molecular flexibility index (Phi) is 4.32. The third kappa shape index (κ3) is 3.07. The Bertz CT molecular complexity index is 843. The maximum atomic E-state index is 12.5. The fraction of sp³-hybridized carbons (Fsp3) is 0.250. The van der Waals surface area contributed by atoms with E-state index in [1.807, 2.05) is 29.6 Å². The van der Waals surface area contributed by atoms with Crippen LogP contribution in [0.5, 0.6) is 0 Å². The van der Waals surface area contributed by atoms with Crippen LogP contribution in [0.15, 0.2) is 60.0 Å². The largest absolute Gasteiger partial charge is 0.350 e. The first-order valence-electron chi connectivity index (χ1n) is 8.33. The number of carbonyl (C=O) groups is 1. The van der Waals surface area contributed by atoms with Crippen LogP contribution in [0.1, 0.15) is 22.3 Å². The van der Waals surface area contributed by atoms with Crippen molar-refractivity contribution >= 4 is 27.3 Å². The number of carbonyl (C=O) groups excluding carboxylic acids is 1. The zero-order valence-corrected chi connectivity index (χ0v) is 14.3. The number of rotatable bonds is 5. The second-order valence-corrected chi connectivity index (χ2v) is 7.17.